The van der Waals surface area contributed by atoms with E-state index in [1.165, 1.54) is 0 Å². The minimum Gasteiger partial charge on any atom is -0.328 e. The van der Waals surface area contributed by atoms with Gasteiger partial charge in [0.15, 0.2) is 0 Å². The number of rotatable bonds is 2. The summed E-state index contributed by atoms with van der Waals surface area (Å²) in [5.74, 6) is 0. The van der Waals surface area contributed by atoms with Crippen LogP contribution in [-0.2, 0) is 10.0 Å². The molecule has 0 spiro atoms. The Morgan fingerprint density at radius 2 is 1.60 bits per heavy atom. The fraction of sp³-hybridized carbons (Fsp3) is 0.538. The van der Waals surface area contributed by atoms with Crippen molar-refractivity contribution in [1.82, 2.24) is 4.31 Å². The summed E-state index contributed by atoms with van der Waals surface area (Å²) in [7, 11) is -3.67. The highest BCUT2D eigenvalue weighted by Gasteiger charge is 2.47. The predicted octanol–water partition coefficient (Wildman–Crippen LogP) is 2.64. The van der Waals surface area contributed by atoms with E-state index in [-0.39, 0.29) is 33.1 Å². The third-order valence-electron chi connectivity index (χ3n) is 4.16. The lowest BCUT2D eigenvalue weighted by atomic mass is 10.0. The van der Waals surface area contributed by atoms with E-state index in [1.807, 2.05) is 0 Å². The maximum atomic E-state index is 12.9. The SMILES string of the molecule is NC1CC2CCC(C1)N2S(=O)(=O)c1c(Cl)cccc1Cl. The minimum absolute atomic E-state index is 0.0238. The number of fused-ring (bicyclic) bond motifs is 2. The molecule has 4 nitrogen and oxygen atoms in total. The van der Waals surface area contributed by atoms with E-state index in [1.54, 1.807) is 22.5 Å². The van der Waals surface area contributed by atoms with Crippen molar-refractivity contribution in [3.63, 3.8) is 0 Å². The third kappa shape index (κ3) is 2.25. The Morgan fingerprint density at radius 1 is 1.10 bits per heavy atom. The fourth-order valence-corrected chi connectivity index (χ4v) is 6.39. The number of benzene rings is 1. The number of hydrogen-bond acceptors (Lipinski definition) is 3. The highest BCUT2D eigenvalue weighted by Crippen LogP contribution is 2.42. The number of halogens is 2. The van der Waals surface area contributed by atoms with Crippen LogP contribution in [0.3, 0.4) is 0 Å². The van der Waals surface area contributed by atoms with Crippen LogP contribution >= 0.6 is 23.2 Å². The normalized spacial score (nSPS) is 30.6. The molecule has 2 bridgehead atoms. The fourth-order valence-electron chi connectivity index (χ4n) is 3.40. The lowest BCUT2D eigenvalue weighted by Crippen LogP contribution is -2.50. The van der Waals surface area contributed by atoms with Crippen molar-refractivity contribution in [2.24, 2.45) is 5.73 Å². The third-order valence-corrected chi connectivity index (χ3v) is 7.12. The molecule has 7 heteroatoms. The molecule has 0 aromatic heterocycles. The van der Waals surface area contributed by atoms with Gasteiger partial charge in [-0.1, -0.05) is 29.3 Å². The molecule has 2 fully saturated rings. The van der Waals surface area contributed by atoms with E-state index in [4.69, 9.17) is 28.9 Å². The summed E-state index contributed by atoms with van der Waals surface area (Å²) in [4.78, 5) is 0.0238. The summed E-state index contributed by atoms with van der Waals surface area (Å²) in [5, 5.41) is 0.346. The van der Waals surface area contributed by atoms with Gasteiger partial charge in [-0.05, 0) is 37.8 Å². The maximum Gasteiger partial charge on any atom is 0.246 e. The van der Waals surface area contributed by atoms with Crippen molar-refractivity contribution in [3.05, 3.63) is 28.2 Å². The van der Waals surface area contributed by atoms with E-state index in [2.05, 4.69) is 0 Å². The highest BCUT2D eigenvalue weighted by molar-refractivity contribution is 7.89. The molecular formula is C13H16Cl2N2O2S. The molecular weight excluding hydrogens is 319 g/mol. The quantitative estimate of drug-likeness (QED) is 0.904. The van der Waals surface area contributed by atoms with Gasteiger partial charge in [-0.2, -0.15) is 4.31 Å². The average molecular weight is 335 g/mol. The van der Waals surface area contributed by atoms with Crippen molar-refractivity contribution in [2.45, 2.75) is 48.7 Å². The summed E-state index contributed by atoms with van der Waals surface area (Å²) < 4.78 is 27.4. The zero-order valence-electron chi connectivity index (χ0n) is 10.8. The molecule has 3 rings (SSSR count). The van der Waals surface area contributed by atoms with Crippen LogP contribution in [0.2, 0.25) is 10.0 Å². The Balaban J connectivity index is 2.06. The van der Waals surface area contributed by atoms with E-state index in [0.29, 0.717) is 12.8 Å². The zero-order chi connectivity index (χ0) is 14.5. The summed E-state index contributed by atoms with van der Waals surface area (Å²) in [6, 6.07) is 4.78. The number of sulfonamides is 1. The maximum absolute atomic E-state index is 12.9. The summed E-state index contributed by atoms with van der Waals surface area (Å²) in [5.41, 5.74) is 5.99. The highest BCUT2D eigenvalue weighted by atomic mass is 35.5. The molecule has 2 N–H and O–H groups in total. The standard InChI is InChI=1S/C13H16Cl2N2O2S/c14-11-2-1-3-12(15)13(11)20(18,19)17-9-4-5-10(17)7-8(16)6-9/h1-3,8-10H,4-7,16H2. The second-order valence-corrected chi connectivity index (χ2v) is 8.10. The Bertz CT molecular complexity index is 601. The average Bonchev–Trinajstić information content (AvgIpc) is 2.62. The first-order valence-corrected chi connectivity index (χ1v) is 8.84. The Hall–Kier alpha value is -0.330. The molecule has 0 saturated carbocycles. The first-order valence-electron chi connectivity index (χ1n) is 6.64. The molecule has 2 heterocycles. The van der Waals surface area contributed by atoms with Crippen LogP contribution in [0.1, 0.15) is 25.7 Å². The summed E-state index contributed by atoms with van der Waals surface area (Å²) >= 11 is 12.1. The van der Waals surface area contributed by atoms with Gasteiger partial charge >= 0.3 is 0 Å². The van der Waals surface area contributed by atoms with Gasteiger partial charge in [0.05, 0.1) is 10.0 Å². The van der Waals surface area contributed by atoms with Crippen molar-refractivity contribution < 1.29 is 8.42 Å². The Morgan fingerprint density at radius 3 is 2.10 bits per heavy atom. The summed E-state index contributed by atoms with van der Waals surface area (Å²) in [6.45, 7) is 0. The molecule has 2 saturated heterocycles. The van der Waals surface area contributed by atoms with Gasteiger partial charge in [-0.15, -0.1) is 0 Å². The van der Waals surface area contributed by atoms with Gasteiger partial charge in [0.25, 0.3) is 0 Å². The van der Waals surface area contributed by atoms with Gasteiger partial charge in [0.1, 0.15) is 4.90 Å². The van der Waals surface area contributed by atoms with Crippen LogP contribution in [0.25, 0.3) is 0 Å². The molecule has 0 radical (unpaired) electrons. The molecule has 0 amide bonds. The molecule has 1 aromatic rings. The van der Waals surface area contributed by atoms with Gasteiger partial charge in [0.2, 0.25) is 10.0 Å². The second kappa shape index (κ2) is 5.14. The smallest absolute Gasteiger partial charge is 0.246 e. The Labute approximate surface area is 128 Å². The zero-order valence-corrected chi connectivity index (χ0v) is 13.1. The van der Waals surface area contributed by atoms with Gasteiger partial charge in [0, 0.05) is 18.1 Å². The van der Waals surface area contributed by atoms with Crippen molar-refractivity contribution in [2.75, 3.05) is 0 Å². The second-order valence-electron chi connectivity index (χ2n) is 5.50. The predicted molar refractivity (Wildman–Crippen MR) is 79.5 cm³/mol. The van der Waals surface area contributed by atoms with Crippen molar-refractivity contribution >= 4 is 33.2 Å². The van der Waals surface area contributed by atoms with Crippen molar-refractivity contribution in [3.8, 4) is 0 Å². The lowest BCUT2D eigenvalue weighted by Gasteiger charge is -2.36. The molecule has 1 aromatic carbocycles. The lowest BCUT2D eigenvalue weighted by molar-refractivity contribution is 0.227. The molecule has 2 aliphatic heterocycles. The number of piperidine rings is 1. The van der Waals surface area contributed by atoms with E-state index in [9.17, 15) is 8.42 Å². The van der Waals surface area contributed by atoms with Gasteiger partial charge < -0.3 is 5.73 Å². The first-order chi connectivity index (χ1) is 9.41. The molecule has 110 valence electrons. The molecule has 2 atom stereocenters. The first kappa shape index (κ1) is 14.6. The van der Waals surface area contributed by atoms with Crippen LogP contribution in [0.5, 0.6) is 0 Å². The van der Waals surface area contributed by atoms with E-state index >= 15 is 0 Å². The molecule has 0 aliphatic carbocycles. The number of nitrogens with zero attached hydrogens (tertiary/aromatic N) is 1. The largest absolute Gasteiger partial charge is 0.328 e. The van der Waals surface area contributed by atoms with Crippen LogP contribution in [0, 0.1) is 0 Å². The number of hydrogen-bond donors (Lipinski definition) is 1. The van der Waals surface area contributed by atoms with Crippen LogP contribution < -0.4 is 5.73 Å². The summed E-state index contributed by atoms with van der Waals surface area (Å²) in [6.07, 6.45) is 3.13. The van der Waals surface area contributed by atoms with E-state index in [0.717, 1.165) is 12.8 Å². The van der Waals surface area contributed by atoms with Crippen molar-refractivity contribution in [1.29, 1.82) is 0 Å². The van der Waals surface area contributed by atoms with Crippen LogP contribution in [0.4, 0.5) is 0 Å². The molecule has 20 heavy (non-hydrogen) atoms. The molecule has 2 unspecified atom stereocenters. The topological polar surface area (TPSA) is 63.4 Å². The molecule has 2 aliphatic rings. The van der Waals surface area contributed by atoms with E-state index < -0.39 is 10.0 Å². The van der Waals surface area contributed by atoms with Crippen LogP contribution in [-0.4, -0.2) is 30.8 Å². The van der Waals surface area contributed by atoms with Crippen LogP contribution in [0.15, 0.2) is 23.1 Å². The number of nitrogens with two attached hydrogens (primary N) is 1. The minimum atomic E-state index is -3.67. The van der Waals surface area contributed by atoms with Gasteiger partial charge in [-0.25, -0.2) is 8.42 Å². The van der Waals surface area contributed by atoms with Gasteiger partial charge in [-0.3, -0.25) is 0 Å². The Kier molecular flexibility index (Phi) is 3.75. The monoisotopic (exact) mass is 334 g/mol.